The second kappa shape index (κ2) is 6.13. The number of hydrogen-bond acceptors (Lipinski definition) is 4. The number of nitrogen functional groups attached to an aromatic ring is 1. The molecule has 6 nitrogen and oxygen atoms in total. The minimum atomic E-state index is -3.53. The molecule has 1 aromatic heterocycles. The third-order valence-electron chi connectivity index (χ3n) is 3.86. The molecule has 1 aliphatic rings. The van der Waals surface area contributed by atoms with E-state index in [1.54, 1.807) is 10.9 Å². The van der Waals surface area contributed by atoms with Crippen LogP contribution < -0.4 is 5.73 Å². The molecule has 0 amide bonds. The normalized spacial score (nSPS) is 16.6. The Kier molecular flexibility index (Phi) is 4.70. The first-order valence-electron chi connectivity index (χ1n) is 7.32. The van der Waals surface area contributed by atoms with Crippen molar-refractivity contribution >= 4 is 15.8 Å². The van der Waals surface area contributed by atoms with E-state index in [4.69, 9.17) is 5.73 Å². The number of hydrogen-bond donors (Lipinski definition) is 1. The molecule has 0 unspecified atom stereocenters. The molecule has 0 spiro atoms. The largest absolute Gasteiger partial charge is 0.381 e. The van der Waals surface area contributed by atoms with E-state index >= 15 is 0 Å². The van der Waals surface area contributed by atoms with Gasteiger partial charge in [-0.25, -0.2) is 8.42 Å². The number of aromatic nitrogens is 2. The number of sulfonamides is 1. The van der Waals surface area contributed by atoms with Crippen molar-refractivity contribution in [3.8, 4) is 0 Å². The van der Waals surface area contributed by atoms with Crippen LogP contribution in [-0.2, 0) is 16.6 Å². The van der Waals surface area contributed by atoms with Crippen LogP contribution in [0.3, 0.4) is 0 Å². The van der Waals surface area contributed by atoms with Crippen molar-refractivity contribution in [2.75, 3.05) is 18.8 Å². The molecule has 7 heteroatoms. The Morgan fingerprint density at radius 1 is 1.45 bits per heavy atom. The lowest BCUT2D eigenvalue weighted by Crippen LogP contribution is -2.37. The Balaban J connectivity index is 2.22. The van der Waals surface area contributed by atoms with Gasteiger partial charge in [-0.15, -0.1) is 0 Å². The second-order valence-electron chi connectivity index (χ2n) is 5.39. The molecular formula is C13H24N4O2S. The van der Waals surface area contributed by atoms with Gasteiger partial charge in [-0.1, -0.05) is 20.3 Å². The van der Waals surface area contributed by atoms with E-state index in [9.17, 15) is 8.42 Å². The van der Waals surface area contributed by atoms with Gasteiger partial charge in [-0.2, -0.15) is 9.40 Å². The lowest BCUT2D eigenvalue weighted by Gasteiger charge is -2.30. The molecule has 0 saturated heterocycles. The summed E-state index contributed by atoms with van der Waals surface area (Å²) in [6.07, 6.45) is 5.89. The number of nitrogens with zero attached hydrogens (tertiary/aromatic N) is 3. The summed E-state index contributed by atoms with van der Waals surface area (Å²) in [6.45, 7) is 5.62. The topological polar surface area (TPSA) is 81.2 Å². The third kappa shape index (κ3) is 2.98. The number of rotatable bonds is 7. The first kappa shape index (κ1) is 15.3. The predicted octanol–water partition coefficient (Wildman–Crippen LogP) is 1.69. The molecule has 0 aliphatic heterocycles. The van der Waals surface area contributed by atoms with Gasteiger partial charge in [0.1, 0.15) is 4.90 Å². The van der Waals surface area contributed by atoms with Crippen molar-refractivity contribution in [2.24, 2.45) is 5.92 Å². The second-order valence-corrected chi connectivity index (χ2v) is 7.30. The molecule has 0 atom stereocenters. The average molecular weight is 300 g/mol. The summed E-state index contributed by atoms with van der Waals surface area (Å²) in [5.74, 6) is 0.599. The first-order chi connectivity index (χ1) is 9.48. The van der Waals surface area contributed by atoms with Gasteiger partial charge in [0.05, 0.1) is 0 Å². The van der Waals surface area contributed by atoms with Crippen LogP contribution in [0.4, 0.5) is 5.82 Å². The Morgan fingerprint density at radius 2 is 2.15 bits per heavy atom. The van der Waals surface area contributed by atoms with Gasteiger partial charge in [0.25, 0.3) is 0 Å². The summed E-state index contributed by atoms with van der Waals surface area (Å²) in [5.41, 5.74) is 5.79. The van der Waals surface area contributed by atoms with E-state index in [0.29, 0.717) is 25.6 Å². The summed E-state index contributed by atoms with van der Waals surface area (Å²) in [7, 11) is -3.53. The molecule has 0 radical (unpaired) electrons. The predicted molar refractivity (Wildman–Crippen MR) is 78.7 cm³/mol. The Labute approximate surface area is 121 Å². The summed E-state index contributed by atoms with van der Waals surface area (Å²) < 4.78 is 28.5. The van der Waals surface area contributed by atoms with Crippen molar-refractivity contribution in [3.05, 3.63) is 6.20 Å². The average Bonchev–Trinajstić information content (AvgIpc) is 2.70. The van der Waals surface area contributed by atoms with E-state index in [-0.39, 0.29) is 10.7 Å². The molecule has 114 valence electrons. The van der Waals surface area contributed by atoms with Crippen molar-refractivity contribution in [1.82, 2.24) is 14.1 Å². The Hall–Kier alpha value is -1.08. The van der Waals surface area contributed by atoms with Crippen molar-refractivity contribution in [3.63, 3.8) is 0 Å². The molecule has 2 N–H and O–H groups in total. The number of nitrogens with two attached hydrogens (primary N) is 1. The molecule has 1 saturated carbocycles. The molecule has 1 fully saturated rings. The van der Waals surface area contributed by atoms with Gasteiger partial charge in [0.2, 0.25) is 10.0 Å². The quantitative estimate of drug-likeness (QED) is 0.830. The van der Waals surface area contributed by atoms with Crippen LogP contribution >= 0.6 is 0 Å². The van der Waals surface area contributed by atoms with E-state index in [1.165, 1.54) is 10.7 Å². The van der Waals surface area contributed by atoms with Crippen LogP contribution in [0.15, 0.2) is 11.1 Å². The summed E-state index contributed by atoms with van der Waals surface area (Å²) in [6, 6.07) is 0. The van der Waals surface area contributed by atoms with Gasteiger partial charge in [-0.3, -0.25) is 4.68 Å². The molecule has 0 aromatic carbocycles. The highest BCUT2D eigenvalue weighted by molar-refractivity contribution is 7.89. The first-order valence-corrected chi connectivity index (χ1v) is 8.76. The van der Waals surface area contributed by atoms with E-state index in [2.05, 4.69) is 5.10 Å². The highest BCUT2D eigenvalue weighted by atomic mass is 32.2. The molecule has 1 heterocycles. The van der Waals surface area contributed by atoms with Crippen LogP contribution in [0.5, 0.6) is 0 Å². The summed E-state index contributed by atoms with van der Waals surface area (Å²) >= 11 is 0. The van der Waals surface area contributed by atoms with Crippen LogP contribution in [0.1, 0.15) is 39.5 Å². The fourth-order valence-electron chi connectivity index (χ4n) is 2.46. The highest BCUT2D eigenvalue weighted by Crippen LogP contribution is 2.30. The molecule has 2 rings (SSSR count). The zero-order valence-corrected chi connectivity index (χ0v) is 13.1. The van der Waals surface area contributed by atoms with Crippen LogP contribution in [0.2, 0.25) is 0 Å². The van der Waals surface area contributed by atoms with Crippen LogP contribution in [0.25, 0.3) is 0 Å². The maximum absolute atomic E-state index is 12.7. The van der Waals surface area contributed by atoms with E-state index < -0.39 is 10.0 Å². The highest BCUT2D eigenvalue weighted by Gasteiger charge is 2.31. The van der Waals surface area contributed by atoms with E-state index in [0.717, 1.165) is 19.3 Å². The van der Waals surface area contributed by atoms with Crippen molar-refractivity contribution in [1.29, 1.82) is 0 Å². The van der Waals surface area contributed by atoms with Crippen LogP contribution in [0, 0.1) is 5.92 Å². The van der Waals surface area contributed by atoms with Crippen molar-refractivity contribution in [2.45, 2.75) is 51.0 Å². The van der Waals surface area contributed by atoms with Gasteiger partial charge in [0, 0.05) is 25.8 Å². The molecule has 0 bridgehead atoms. The van der Waals surface area contributed by atoms with Crippen LogP contribution in [-0.4, -0.2) is 35.6 Å². The fraction of sp³-hybridized carbons (Fsp3) is 0.769. The smallest absolute Gasteiger partial charge is 0.248 e. The molecule has 1 aliphatic carbocycles. The molecule has 20 heavy (non-hydrogen) atoms. The number of anilines is 1. The van der Waals surface area contributed by atoms with E-state index in [1.807, 2.05) is 13.8 Å². The zero-order chi connectivity index (χ0) is 14.8. The maximum atomic E-state index is 12.7. The Bertz CT molecular complexity index is 549. The summed E-state index contributed by atoms with van der Waals surface area (Å²) in [5, 5.41) is 4.09. The third-order valence-corrected chi connectivity index (χ3v) is 5.82. The standard InChI is InChI=1S/C13H24N4O2S/c1-3-8-16-10-12(13(14)15-16)20(18,19)17(4-2)9-11-6-5-7-11/h10-11H,3-9H2,1-2H3,(H2,14,15). The minimum absolute atomic E-state index is 0.102. The number of aryl methyl sites for hydroxylation is 1. The van der Waals surface area contributed by atoms with Crippen molar-refractivity contribution < 1.29 is 8.42 Å². The molecular weight excluding hydrogens is 276 g/mol. The van der Waals surface area contributed by atoms with Gasteiger partial charge < -0.3 is 5.73 Å². The van der Waals surface area contributed by atoms with Gasteiger partial charge in [-0.05, 0) is 25.2 Å². The zero-order valence-electron chi connectivity index (χ0n) is 12.2. The lowest BCUT2D eigenvalue weighted by atomic mass is 9.85. The Morgan fingerprint density at radius 3 is 2.65 bits per heavy atom. The van der Waals surface area contributed by atoms with Gasteiger partial charge >= 0.3 is 0 Å². The fourth-order valence-corrected chi connectivity index (χ4v) is 4.05. The minimum Gasteiger partial charge on any atom is -0.381 e. The van der Waals surface area contributed by atoms with Gasteiger partial charge in [0.15, 0.2) is 5.82 Å². The monoisotopic (exact) mass is 300 g/mol. The maximum Gasteiger partial charge on any atom is 0.248 e. The lowest BCUT2D eigenvalue weighted by molar-refractivity contribution is 0.250. The molecule has 1 aromatic rings. The summed E-state index contributed by atoms with van der Waals surface area (Å²) in [4.78, 5) is 0.145. The SMILES string of the molecule is CCCn1cc(S(=O)(=O)N(CC)CC2CCC2)c(N)n1.